The highest BCUT2D eigenvalue weighted by Gasteiger charge is 2.07. The minimum absolute atomic E-state index is 0.137. The average molecular weight is 307 g/mol. The maximum atomic E-state index is 11.7. The second-order valence-corrected chi connectivity index (χ2v) is 5.24. The van der Waals surface area contributed by atoms with Crippen LogP contribution in [-0.2, 0) is 11.2 Å². The summed E-state index contributed by atoms with van der Waals surface area (Å²) in [4.78, 5) is 11.7. The fourth-order valence-corrected chi connectivity index (χ4v) is 2.26. The minimum Gasteiger partial charge on any atom is -0.497 e. The number of rotatable bonds is 7. The number of amides is 1. The number of methoxy groups -OCH3 is 1. The van der Waals surface area contributed by atoms with Crippen molar-refractivity contribution < 1.29 is 14.3 Å². The molecule has 21 heavy (non-hydrogen) atoms. The largest absolute Gasteiger partial charge is 0.497 e. The smallest absolute Gasteiger partial charge is 0.229 e. The number of hydrogen-bond donors (Lipinski definition) is 1. The van der Waals surface area contributed by atoms with E-state index in [-0.39, 0.29) is 12.3 Å². The SMILES string of the molecule is CCc1nnc(NC(=O)CCOc2ccc(OC)cc2)s1. The van der Waals surface area contributed by atoms with Gasteiger partial charge in [0.05, 0.1) is 20.1 Å². The molecule has 0 aliphatic heterocycles. The van der Waals surface area contributed by atoms with E-state index in [1.807, 2.05) is 19.1 Å². The molecule has 1 heterocycles. The van der Waals surface area contributed by atoms with Gasteiger partial charge in [-0.25, -0.2) is 0 Å². The third kappa shape index (κ3) is 4.71. The number of hydrogen-bond acceptors (Lipinski definition) is 6. The number of benzene rings is 1. The van der Waals surface area contributed by atoms with Crippen molar-refractivity contribution >= 4 is 22.4 Å². The fourth-order valence-electron chi connectivity index (χ4n) is 1.56. The lowest BCUT2D eigenvalue weighted by Crippen LogP contribution is -2.15. The molecule has 0 saturated heterocycles. The van der Waals surface area contributed by atoms with Crippen LogP contribution in [0.15, 0.2) is 24.3 Å². The normalized spacial score (nSPS) is 10.2. The van der Waals surface area contributed by atoms with Gasteiger partial charge in [-0.2, -0.15) is 0 Å². The molecule has 0 unspecified atom stereocenters. The van der Waals surface area contributed by atoms with E-state index < -0.39 is 0 Å². The second-order valence-electron chi connectivity index (χ2n) is 4.18. The molecular weight excluding hydrogens is 290 g/mol. The fraction of sp³-hybridized carbons (Fsp3) is 0.357. The monoisotopic (exact) mass is 307 g/mol. The highest BCUT2D eigenvalue weighted by atomic mass is 32.1. The Hall–Kier alpha value is -2.15. The summed E-state index contributed by atoms with van der Waals surface area (Å²) >= 11 is 1.39. The maximum absolute atomic E-state index is 11.7. The predicted molar refractivity (Wildman–Crippen MR) is 81.0 cm³/mol. The Balaban J connectivity index is 1.73. The van der Waals surface area contributed by atoms with E-state index in [0.29, 0.717) is 17.5 Å². The van der Waals surface area contributed by atoms with Crippen LogP contribution in [-0.4, -0.2) is 29.8 Å². The zero-order chi connectivity index (χ0) is 15.1. The highest BCUT2D eigenvalue weighted by molar-refractivity contribution is 7.15. The van der Waals surface area contributed by atoms with Crippen LogP contribution in [0.3, 0.4) is 0 Å². The molecule has 7 heteroatoms. The van der Waals surface area contributed by atoms with E-state index in [1.54, 1.807) is 19.2 Å². The van der Waals surface area contributed by atoms with Gasteiger partial charge in [-0.1, -0.05) is 18.3 Å². The molecule has 0 fully saturated rings. The number of carbonyl (C=O) groups is 1. The van der Waals surface area contributed by atoms with Crippen molar-refractivity contribution in [3.8, 4) is 11.5 Å². The molecule has 0 aliphatic carbocycles. The lowest BCUT2D eigenvalue weighted by molar-refractivity contribution is -0.116. The van der Waals surface area contributed by atoms with E-state index in [4.69, 9.17) is 9.47 Å². The van der Waals surface area contributed by atoms with Crippen LogP contribution >= 0.6 is 11.3 Å². The van der Waals surface area contributed by atoms with Crippen molar-refractivity contribution in [2.24, 2.45) is 0 Å². The van der Waals surface area contributed by atoms with Gasteiger partial charge >= 0.3 is 0 Å². The molecule has 1 amide bonds. The zero-order valence-corrected chi connectivity index (χ0v) is 12.8. The van der Waals surface area contributed by atoms with Crippen LogP contribution in [0.2, 0.25) is 0 Å². The number of aryl methyl sites for hydroxylation is 1. The van der Waals surface area contributed by atoms with E-state index in [9.17, 15) is 4.79 Å². The van der Waals surface area contributed by atoms with Crippen LogP contribution in [0, 0.1) is 0 Å². The van der Waals surface area contributed by atoms with Gasteiger partial charge in [0, 0.05) is 0 Å². The Morgan fingerprint density at radius 3 is 2.57 bits per heavy atom. The van der Waals surface area contributed by atoms with Crippen LogP contribution in [0.5, 0.6) is 11.5 Å². The standard InChI is InChI=1S/C14H17N3O3S/c1-3-13-16-17-14(21-13)15-12(18)8-9-20-11-6-4-10(19-2)5-7-11/h4-7H,3,8-9H2,1-2H3,(H,15,17,18). The van der Waals surface area contributed by atoms with E-state index >= 15 is 0 Å². The van der Waals surface area contributed by atoms with Crippen LogP contribution in [0.4, 0.5) is 5.13 Å². The molecule has 2 rings (SSSR count). The van der Waals surface area contributed by atoms with Gasteiger partial charge in [0.15, 0.2) is 0 Å². The molecule has 0 bridgehead atoms. The first-order valence-electron chi connectivity index (χ1n) is 6.60. The molecule has 0 saturated carbocycles. The number of carbonyl (C=O) groups excluding carboxylic acids is 1. The first-order valence-corrected chi connectivity index (χ1v) is 7.42. The van der Waals surface area contributed by atoms with Gasteiger partial charge in [-0.3, -0.25) is 4.79 Å². The summed E-state index contributed by atoms with van der Waals surface area (Å²) in [5, 5.41) is 12.0. The summed E-state index contributed by atoms with van der Waals surface area (Å²) < 4.78 is 10.5. The Morgan fingerprint density at radius 1 is 1.24 bits per heavy atom. The van der Waals surface area contributed by atoms with E-state index in [1.165, 1.54) is 11.3 Å². The molecule has 0 spiro atoms. The molecular formula is C14H17N3O3S. The summed E-state index contributed by atoms with van der Waals surface area (Å²) in [6.07, 6.45) is 1.07. The summed E-state index contributed by atoms with van der Waals surface area (Å²) in [5.41, 5.74) is 0. The van der Waals surface area contributed by atoms with E-state index in [2.05, 4.69) is 15.5 Å². The Kier molecular flexibility index (Phi) is 5.51. The Labute approximate surface area is 127 Å². The molecule has 1 aromatic carbocycles. The summed E-state index contributed by atoms with van der Waals surface area (Å²) in [6.45, 7) is 2.30. The van der Waals surface area contributed by atoms with Gasteiger partial charge in [-0.15, -0.1) is 10.2 Å². The topological polar surface area (TPSA) is 73.3 Å². The number of nitrogens with zero attached hydrogens (tertiary/aromatic N) is 2. The summed E-state index contributed by atoms with van der Waals surface area (Å²) in [5.74, 6) is 1.33. The number of aromatic nitrogens is 2. The zero-order valence-electron chi connectivity index (χ0n) is 12.0. The summed E-state index contributed by atoms with van der Waals surface area (Å²) in [7, 11) is 1.61. The molecule has 1 N–H and O–H groups in total. The molecule has 1 aromatic heterocycles. The minimum atomic E-state index is -0.137. The quantitative estimate of drug-likeness (QED) is 0.851. The summed E-state index contributed by atoms with van der Waals surface area (Å²) in [6, 6.07) is 7.22. The van der Waals surface area contributed by atoms with Crippen LogP contribution in [0.1, 0.15) is 18.4 Å². The van der Waals surface area contributed by atoms with Gasteiger partial charge in [0.2, 0.25) is 11.0 Å². The lowest BCUT2D eigenvalue weighted by Gasteiger charge is -2.06. The van der Waals surface area contributed by atoms with Crippen molar-refractivity contribution in [1.29, 1.82) is 0 Å². The third-order valence-corrected chi connectivity index (χ3v) is 3.66. The second kappa shape index (κ2) is 7.58. The van der Waals surface area contributed by atoms with Gasteiger partial charge in [-0.05, 0) is 30.7 Å². The van der Waals surface area contributed by atoms with Crippen LogP contribution in [0.25, 0.3) is 0 Å². The molecule has 0 aliphatic rings. The van der Waals surface area contributed by atoms with Crippen molar-refractivity contribution in [3.63, 3.8) is 0 Å². The van der Waals surface area contributed by atoms with Gasteiger partial charge in [0.1, 0.15) is 16.5 Å². The van der Waals surface area contributed by atoms with Crippen molar-refractivity contribution in [2.45, 2.75) is 19.8 Å². The number of anilines is 1. The molecule has 0 atom stereocenters. The molecule has 112 valence electrons. The van der Waals surface area contributed by atoms with Crippen molar-refractivity contribution in [3.05, 3.63) is 29.3 Å². The van der Waals surface area contributed by atoms with Crippen molar-refractivity contribution in [1.82, 2.24) is 10.2 Å². The first-order chi connectivity index (χ1) is 10.2. The van der Waals surface area contributed by atoms with Crippen LogP contribution < -0.4 is 14.8 Å². The van der Waals surface area contributed by atoms with E-state index in [0.717, 1.165) is 17.2 Å². The van der Waals surface area contributed by atoms with Gasteiger partial charge in [0.25, 0.3) is 0 Å². The third-order valence-electron chi connectivity index (χ3n) is 2.67. The predicted octanol–water partition coefficient (Wildman–Crippen LogP) is 2.52. The highest BCUT2D eigenvalue weighted by Crippen LogP contribution is 2.18. The Morgan fingerprint density at radius 2 is 1.95 bits per heavy atom. The van der Waals surface area contributed by atoms with Crippen molar-refractivity contribution in [2.75, 3.05) is 19.0 Å². The average Bonchev–Trinajstić information content (AvgIpc) is 2.95. The Bertz CT molecular complexity index is 583. The first kappa shape index (κ1) is 15.2. The molecule has 6 nitrogen and oxygen atoms in total. The lowest BCUT2D eigenvalue weighted by atomic mass is 10.3. The van der Waals surface area contributed by atoms with Gasteiger partial charge < -0.3 is 14.8 Å². The number of ether oxygens (including phenoxy) is 2. The maximum Gasteiger partial charge on any atom is 0.229 e. The molecule has 2 aromatic rings. The molecule has 0 radical (unpaired) electrons. The number of nitrogens with one attached hydrogen (secondary N) is 1.